The minimum Gasteiger partial charge on any atom is -0.486 e. The predicted molar refractivity (Wildman–Crippen MR) is 105 cm³/mol. The summed E-state index contributed by atoms with van der Waals surface area (Å²) in [6, 6.07) is 10.3. The Labute approximate surface area is 167 Å². The fourth-order valence-electron chi connectivity index (χ4n) is 4.52. The Balaban J connectivity index is 1.33. The van der Waals surface area contributed by atoms with Gasteiger partial charge in [0.05, 0.1) is 11.0 Å². The van der Waals surface area contributed by atoms with Gasteiger partial charge >= 0.3 is 0 Å². The molecule has 0 saturated carbocycles. The molecule has 7 heteroatoms. The van der Waals surface area contributed by atoms with E-state index in [4.69, 9.17) is 9.47 Å². The molecular weight excluding hydrogens is 376 g/mol. The first-order valence-corrected chi connectivity index (χ1v) is 10.0. The van der Waals surface area contributed by atoms with Crippen molar-refractivity contribution in [2.75, 3.05) is 26.2 Å². The van der Waals surface area contributed by atoms with E-state index in [9.17, 15) is 8.78 Å². The van der Waals surface area contributed by atoms with Crippen molar-refractivity contribution in [3.63, 3.8) is 0 Å². The van der Waals surface area contributed by atoms with Gasteiger partial charge in [0.25, 0.3) is 0 Å². The molecule has 152 valence electrons. The van der Waals surface area contributed by atoms with E-state index >= 15 is 0 Å². The molecule has 0 aliphatic carbocycles. The Hall–Kier alpha value is -2.67. The van der Waals surface area contributed by atoms with Gasteiger partial charge in [0.1, 0.15) is 18.5 Å². The minimum absolute atomic E-state index is 0.0316. The average Bonchev–Trinajstić information content (AvgIpc) is 3.03. The van der Waals surface area contributed by atoms with E-state index in [1.807, 2.05) is 31.2 Å². The van der Waals surface area contributed by atoms with E-state index in [2.05, 4.69) is 14.5 Å². The molecule has 2 aliphatic heterocycles. The van der Waals surface area contributed by atoms with Gasteiger partial charge in [0, 0.05) is 31.3 Å². The summed E-state index contributed by atoms with van der Waals surface area (Å²) in [6.45, 7) is 4.97. The van der Waals surface area contributed by atoms with Gasteiger partial charge < -0.3 is 14.0 Å². The lowest BCUT2D eigenvalue weighted by atomic mass is 10.0. The number of ether oxygens (including phenoxy) is 2. The second-order valence-corrected chi connectivity index (χ2v) is 7.84. The number of rotatable bonds is 3. The van der Waals surface area contributed by atoms with Crippen LogP contribution in [-0.4, -0.2) is 46.8 Å². The molecule has 0 N–H and O–H groups in total. The number of fused-ring (bicyclic) bond motifs is 2. The molecule has 29 heavy (non-hydrogen) atoms. The highest BCUT2D eigenvalue weighted by atomic mass is 19.2. The molecule has 5 rings (SSSR count). The van der Waals surface area contributed by atoms with Crippen LogP contribution in [0.15, 0.2) is 36.4 Å². The van der Waals surface area contributed by atoms with Crippen LogP contribution in [0.2, 0.25) is 0 Å². The molecule has 2 aromatic carbocycles. The number of nitrogens with zero attached hydrogens (tertiary/aromatic N) is 3. The monoisotopic (exact) mass is 399 g/mol. The van der Waals surface area contributed by atoms with E-state index in [0.29, 0.717) is 17.6 Å². The molecule has 1 fully saturated rings. The first-order valence-electron chi connectivity index (χ1n) is 10.0. The van der Waals surface area contributed by atoms with Crippen LogP contribution >= 0.6 is 0 Å². The number of para-hydroxylation sites is 2. The summed E-state index contributed by atoms with van der Waals surface area (Å²) >= 11 is 0. The molecule has 0 spiro atoms. The van der Waals surface area contributed by atoms with Crippen molar-refractivity contribution in [2.45, 2.75) is 31.9 Å². The second-order valence-electron chi connectivity index (χ2n) is 7.84. The van der Waals surface area contributed by atoms with Gasteiger partial charge in [-0.15, -0.1) is 0 Å². The number of benzene rings is 2. The Morgan fingerprint density at radius 2 is 1.93 bits per heavy atom. The van der Waals surface area contributed by atoms with Gasteiger partial charge in [-0.2, -0.15) is 0 Å². The van der Waals surface area contributed by atoms with E-state index in [1.165, 1.54) is 12.1 Å². The van der Waals surface area contributed by atoms with Crippen LogP contribution in [0.4, 0.5) is 8.78 Å². The van der Waals surface area contributed by atoms with Crippen molar-refractivity contribution in [3.8, 4) is 11.5 Å². The Morgan fingerprint density at radius 1 is 1.14 bits per heavy atom. The molecule has 2 aliphatic rings. The fraction of sp³-hybridized carbons (Fsp3) is 0.409. The highest BCUT2D eigenvalue weighted by Gasteiger charge is 2.28. The summed E-state index contributed by atoms with van der Waals surface area (Å²) in [5.41, 5.74) is 1.15. The zero-order valence-corrected chi connectivity index (χ0v) is 16.3. The number of hydrogen-bond donors (Lipinski definition) is 0. The van der Waals surface area contributed by atoms with Gasteiger partial charge in [0.2, 0.25) is 0 Å². The van der Waals surface area contributed by atoms with Crippen LogP contribution in [0, 0.1) is 18.6 Å². The quantitative estimate of drug-likeness (QED) is 0.665. The van der Waals surface area contributed by atoms with Crippen LogP contribution in [0.1, 0.15) is 24.7 Å². The maximum absolute atomic E-state index is 13.9. The highest BCUT2D eigenvalue weighted by molar-refractivity contribution is 5.76. The average molecular weight is 399 g/mol. The van der Waals surface area contributed by atoms with Crippen molar-refractivity contribution in [1.82, 2.24) is 14.5 Å². The van der Waals surface area contributed by atoms with Crippen LogP contribution < -0.4 is 9.47 Å². The van der Waals surface area contributed by atoms with Crippen molar-refractivity contribution in [1.29, 1.82) is 0 Å². The first kappa shape index (κ1) is 18.4. The van der Waals surface area contributed by atoms with E-state index in [1.54, 1.807) is 0 Å². The van der Waals surface area contributed by atoms with Gasteiger partial charge in [-0.3, -0.25) is 4.90 Å². The van der Waals surface area contributed by atoms with Crippen molar-refractivity contribution < 1.29 is 18.3 Å². The molecule has 1 saturated heterocycles. The van der Waals surface area contributed by atoms with E-state index in [0.717, 1.165) is 49.8 Å². The first-order chi connectivity index (χ1) is 14.1. The maximum Gasteiger partial charge on any atom is 0.161 e. The van der Waals surface area contributed by atoms with Crippen molar-refractivity contribution in [2.24, 2.45) is 0 Å². The zero-order chi connectivity index (χ0) is 20.0. The second kappa shape index (κ2) is 7.30. The fourth-order valence-corrected chi connectivity index (χ4v) is 4.52. The van der Waals surface area contributed by atoms with E-state index in [-0.39, 0.29) is 12.1 Å². The lowest BCUT2D eigenvalue weighted by Crippen LogP contribution is -2.45. The normalized spacial score (nSPS) is 22.2. The predicted octanol–water partition coefficient (Wildman–Crippen LogP) is 4.10. The summed E-state index contributed by atoms with van der Waals surface area (Å²) < 4.78 is 41.5. The van der Waals surface area contributed by atoms with Crippen LogP contribution in [-0.2, 0) is 0 Å². The molecule has 3 heterocycles. The third-order valence-corrected chi connectivity index (χ3v) is 5.78. The number of halogens is 2. The molecule has 3 aromatic rings. The number of imidazole rings is 1. The van der Waals surface area contributed by atoms with Crippen molar-refractivity contribution in [3.05, 3.63) is 53.9 Å². The number of piperidine rings is 1. The zero-order valence-electron chi connectivity index (χ0n) is 16.3. The molecule has 0 amide bonds. The molecule has 0 radical (unpaired) electrons. The Morgan fingerprint density at radius 3 is 2.79 bits per heavy atom. The number of aryl methyl sites for hydroxylation is 1. The number of hydrogen-bond acceptors (Lipinski definition) is 4. The SMILES string of the molecule is Cc1nc2cc(F)c(F)cc2n1[C@H]1CCCN(C[C@H]2COc3ccccc3O2)C1. The number of aromatic nitrogens is 2. The summed E-state index contributed by atoms with van der Waals surface area (Å²) in [6.07, 6.45) is 1.97. The molecule has 2 atom stereocenters. The molecule has 1 aromatic heterocycles. The molecule has 5 nitrogen and oxygen atoms in total. The Kier molecular flexibility index (Phi) is 4.62. The van der Waals surface area contributed by atoms with Crippen LogP contribution in [0.5, 0.6) is 11.5 Å². The van der Waals surface area contributed by atoms with Crippen LogP contribution in [0.3, 0.4) is 0 Å². The smallest absolute Gasteiger partial charge is 0.161 e. The molecule has 0 unspecified atom stereocenters. The van der Waals surface area contributed by atoms with Gasteiger partial charge in [0.15, 0.2) is 23.1 Å². The minimum atomic E-state index is -0.859. The van der Waals surface area contributed by atoms with Gasteiger partial charge in [-0.05, 0) is 38.4 Å². The van der Waals surface area contributed by atoms with Crippen LogP contribution in [0.25, 0.3) is 11.0 Å². The van der Waals surface area contributed by atoms with Crippen molar-refractivity contribution >= 4 is 11.0 Å². The lowest BCUT2D eigenvalue weighted by Gasteiger charge is -2.37. The summed E-state index contributed by atoms with van der Waals surface area (Å²) in [4.78, 5) is 6.81. The molecular formula is C22H23F2N3O2. The third-order valence-electron chi connectivity index (χ3n) is 5.78. The third kappa shape index (κ3) is 3.44. The standard InChI is InChI=1S/C22H23F2N3O2/c1-14-25-19-9-17(23)18(24)10-20(19)27(14)15-5-4-8-26(11-15)12-16-13-28-21-6-2-3-7-22(21)29-16/h2-3,6-7,9-10,15-16H,4-5,8,11-13H2,1H3/t15-,16-/m0/s1. The van der Waals surface area contributed by atoms with E-state index < -0.39 is 11.6 Å². The summed E-state index contributed by atoms with van der Waals surface area (Å²) in [5.74, 6) is 0.657. The largest absolute Gasteiger partial charge is 0.486 e. The van der Waals surface area contributed by atoms with Gasteiger partial charge in [-0.25, -0.2) is 13.8 Å². The maximum atomic E-state index is 13.9. The number of likely N-dealkylation sites (tertiary alicyclic amines) is 1. The van der Waals surface area contributed by atoms with Gasteiger partial charge in [-0.1, -0.05) is 12.1 Å². The topological polar surface area (TPSA) is 39.5 Å². The summed E-state index contributed by atoms with van der Waals surface area (Å²) in [5, 5.41) is 0. The Bertz CT molecular complexity index is 1050. The summed E-state index contributed by atoms with van der Waals surface area (Å²) in [7, 11) is 0. The highest BCUT2D eigenvalue weighted by Crippen LogP contribution is 2.32. The lowest BCUT2D eigenvalue weighted by molar-refractivity contribution is 0.0462. The molecule has 0 bridgehead atoms.